The topological polar surface area (TPSA) is 90.4 Å². The zero-order valence-corrected chi connectivity index (χ0v) is 22.9. The third kappa shape index (κ3) is 5.41. The number of anilines is 1. The summed E-state index contributed by atoms with van der Waals surface area (Å²) in [7, 11) is 1.62. The van der Waals surface area contributed by atoms with E-state index in [1.807, 2.05) is 53.9 Å². The Kier molecular flexibility index (Phi) is 7.17. The zero-order chi connectivity index (χ0) is 26.9. The molecule has 2 aromatic heterocycles. The van der Waals surface area contributed by atoms with Crippen molar-refractivity contribution >= 4 is 39.2 Å². The van der Waals surface area contributed by atoms with Crippen LogP contribution in [0, 0.1) is 11.3 Å². The molecule has 2 heterocycles. The van der Waals surface area contributed by atoms with Crippen molar-refractivity contribution in [1.82, 2.24) is 9.97 Å². The number of hydrogen-bond acceptors (Lipinski definition) is 7. The van der Waals surface area contributed by atoms with Gasteiger partial charge in [0.1, 0.15) is 5.75 Å². The van der Waals surface area contributed by atoms with Crippen LogP contribution in [0.4, 0.5) is 5.13 Å². The molecule has 2 aromatic carbocycles. The number of para-hydroxylation sites is 1. The third-order valence-electron chi connectivity index (χ3n) is 7.16. The number of hydrogen-bond donors (Lipinski definition) is 1. The molecule has 0 aliphatic heterocycles. The Bertz CT molecular complexity index is 1490. The number of ether oxygens (including phenoxy) is 2. The first-order valence-electron chi connectivity index (χ1n) is 12.7. The van der Waals surface area contributed by atoms with E-state index in [0.29, 0.717) is 16.6 Å². The summed E-state index contributed by atoms with van der Waals surface area (Å²) in [4.78, 5) is 35.4. The monoisotopic (exact) mass is 529 g/mol. The highest BCUT2D eigenvalue weighted by atomic mass is 32.1. The second-order valence-electron chi connectivity index (χ2n) is 10.6. The molecule has 1 aliphatic rings. The summed E-state index contributed by atoms with van der Waals surface area (Å²) in [5.41, 5.74) is 4.97. The fraction of sp³-hybridized carbons (Fsp3) is 0.333. The van der Waals surface area contributed by atoms with Crippen LogP contribution in [0.2, 0.25) is 0 Å². The fourth-order valence-corrected chi connectivity index (χ4v) is 5.68. The number of methoxy groups -OCH3 is 1. The van der Waals surface area contributed by atoms with Gasteiger partial charge in [-0.2, -0.15) is 0 Å². The second-order valence-corrected chi connectivity index (χ2v) is 11.5. The maximum Gasteiger partial charge on any atom is 0.339 e. The van der Waals surface area contributed by atoms with Crippen LogP contribution in [0.15, 0.2) is 53.9 Å². The van der Waals surface area contributed by atoms with E-state index in [2.05, 4.69) is 31.1 Å². The molecule has 38 heavy (non-hydrogen) atoms. The maximum absolute atomic E-state index is 13.4. The minimum absolute atomic E-state index is 0.114. The Morgan fingerprint density at radius 1 is 1.08 bits per heavy atom. The van der Waals surface area contributed by atoms with Crippen LogP contribution in [0.5, 0.6) is 5.75 Å². The lowest BCUT2D eigenvalue weighted by molar-refractivity contribution is -0.119. The van der Waals surface area contributed by atoms with Crippen molar-refractivity contribution < 1.29 is 19.1 Å². The van der Waals surface area contributed by atoms with Crippen LogP contribution in [0.1, 0.15) is 48.8 Å². The van der Waals surface area contributed by atoms with Gasteiger partial charge in [0.25, 0.3) is 5.91 Å². The molecule has 0 fully saturated rings. The molecule has 5 rings (SSSR count). The number of aromatic nitrogens is 2. The highest BCUT2D eigenvalue weighted by molar-refractivity contribution is 7.14. The van der Waals surface area contributed by atoms with E-state index in [0.717, 1.165) is 58.4 Å². The van der Waals surface area contributed by atoms with Gasteiger partial charge in [-0.3, -0.25) is 15.1 Å². The van der Waals surface area contributed by atoms with Crippen molar-refractivity contribution in [2.24, 2.45) is 11.3 Å². The van der Waals surface area contributed by atoms with Gasteiger partial charge in [0, 0.05) is 22.0 Å². The van der Waals surface area contributed by atoms with E-state index >= 15 is 0 Å². The molecule has 0 bridgehead atoms. The van der Waals surface area contributed by atoms with Crippen molar-refractivity contribution in [3.8, 4) is 17.0 Å². The lowest BCUT2D eigenvalue weighted by Crippen LogP contribution is -2.29. The highest BCUT2D eigenvalue weighted by Crippen LogP contribution is 2.39. The number of esters is 1. The summed E-state index contributed by atoms with van der Waals surface area (Å²) in [6.07, 6.45) is 2.62. The van der Waals surface area contributed by atoms with Crippen LogP contribution >= 0.6 is 11.3 Å². The lowest BCUT2D eigenvalue weighted by Gasteiger charge is -2.35. The maximum atomic E-state index is 13.4. The average Bonchev–Trinajstić information content (AvgIpc) is 3.37. The molecule has 0 spiro atoms. The second kappa shape index (κ2) is 10.5. The molecule has 8 heteroatoms. The number of nitrogens with zero attached hydrogens (tertiary/aromatic N) is 2. The number of carbonyl (C=O) groups is 2. The van der Waals surface area contributed by atoms with E-state index in [9.17, 15) is 9.59 Å². The van der Waals surface area contributed by atoms with Crippen molar-refractivity contribution in [3.05, 3.63) is 70.7 Å². The van der Waals surface area contributed by atoms with Crippen molar-refractivity contribution in [1.29, 1.82) is 0 Å². The number of carbonyl (C=O) groups excluding carboxylic acids is 2. The molecule has 7 nitrogen and oxygen atoms in total. The van der Waals surface area contributed by atoms with Crippen LogP contribution < -0.4 is 10.1 Å². The van der Waals surface area contributed by atoms with Crippen LogP contribution in [-0.4, -0.2) is 35.6 Å². The van der Waals surface area contributed by atoms with E-state index < -0.39 is 18.5 Å². The average molecular weight is 530 g/mol. The van der Waals surface area contributed by atoms with Gasteiger partial charge in [-0.05, 0) is 66.5 Å². The third-order valence-corrected chi connectivity index (χ3v) is 7.92. The van der Waals surface area contributed by atoms with Gasteiger partial charge < -0.3 is 9.47 Å². The molecule has 1 N–H and O–H groups in total. The Balaban J connectivity index is 1.31. The predicted molar refractivity (Wildman–Crippen MR) is 150 cm³/mol. The SMILES string of the molecule is COc1ccc(-c2csc(NC(=O)COC(=O)c3c4c(nc5ccccc35)CCC(C(C)(C)C)C4)n2)cc1. The Hall–Kier alpha value is -3.78. The fourth-order valence-electron chi connectivity index (χ4n) is 4.94. The number of pyridine rings is 1. The molecule has 1 unspecified atom stereocenters. The number of benzene rings is 2. The molecular weight excluding hydrogens is 498 g/mol. The van der Waals surface area contributed by atoms with Crippen molar-refractivity contribution in [2.45, 2.75) is 40.0 Å². The number of fused-ring (bicyclic) bond motifs is 2. The van der Waals surface area contributed by atoms with E-state index in [-0.39, 0.29) is 5.41 Å². The molecule has 0 saturated carbocycles. The van der Waals surface area contributed by atoms with E-state index in [1.165, 1.54) is 11.3 Å². The minimum atomic E-state index is -0.498. The molecule has 0 radical (unpaired) electrons. The normalized spacial score (nSPS) is 15.1. The molecular formula is C30H31N3O4S. The molecule has 4 aromatic rings. The summed E-state index contributed by atoms with van der Waals surface area (Å²) < 4.78 is 10.8. The standard InChI is InChI=1S/C30H31N3O4S/c1-30(2,3)19-11-14-24-22(15-19)27(21-7-5-6-8-23(21)31-24)28(35)37-16-26(34)33-29-32-25(17-38-29)18-9-12-20(36-4)13-10-18/h5-10,12-13,17,19H,11,14-16H2,1-4H3,(H,32,33,34). The van der Waals surface area contributed by atoms with Crippen LogP contribution in [0.3, 0.4) is 0 Å². The molecule has 1 atom stereocenters. The van der Waals surface area contributed by atoms with Gasteiger partial charge in [-0.15, -0.1) is 11.3 Å². The summed E-state index contributed by atoms with van der Waals surface area (Å²) in [6, 6.07) is 15.2. The van der Waals surface area contributed by atoms with Gasteiger partial charge in [0.05, 0.1) is 23.9 Å². The number of aryl methyl sites for hydroxylation is 1. The van der Waals surface area contributed by atoms with Crippen molar-refractivity contribution in [2.75, 3.05) is 19.0 Å². The number of nitrogens with one attached hydrogen (secondary N) is 1. The Morgan fingerprint density at radius 2 is 1.84 bits per heavy atom. The number of amides is 1. The van der Waals surface area contributed by atoms with Gasteiger partial charge in [0.2, 0.25) is 0 Å². The van der Waals surface area contributed by atoms with Gasteiger partial charge in [0.15, 0.2) is 11.7 Å². The summed E-state index contributed by atoms with van der Waals surface area (Å²) in [5, 5.41) is 5.81. The summed E-state index contributed by atoms with van der Waals surface area (Å²) >= 11 is 1.31. The molecule has 1 aliphatic carbocycles. The van der Waals surface area contributed by atoms with E-state index in [4.69, 9.17) is 14.5 Å². The van der Waals surface area contributed by atoms with Crippen LogP contribution in [-0.2, 0) is 22.4 Å². The predicted octanol–water partition coefficient (Wildman–Crippen LogP) is 6.31. The molecule has 1 amide bonds. The first-order valence-corrected chi connectivity index (χ1v) is 13.6. The quantitative estimate of drug-likeness (QED) is 0.294. The molecule has 0 saturated heterocycles. The van der Waals surface area contributed by atoms with Gasteiger partial charge >= 0.3 is 5.97 Å². The van der Waals surface area contributed by atoms with Gasteiger partial charge in [-0.25, -0.2) is 9.78 Å². The smallest absolute Gasteiger partial charge is 0.339 e. The Labute approximate surface area is 226 Å². The summed E-state index contributed by atoms with van der Waals surface area (Å²) in [5.74, 6) is 0.255. The van der Waals surface area contributed by atoms with Crippen molar-refractivity contribution in [3.63, 3.8) is 0 Å². The number of thiazole rings is 1. The Morgan fingerprint density at radius 3 is 2.58 bits per heavy atom. The number of rotatable bonds is 6. The summed E-state index contributed by atoms with van der Waals surface area (Å²) in [6.45, 7) is 6.30. The van der Waals surface area contributed by atoms with E-state index in [1.54, 1.807) is 7.11 Å². The highest BCUT2D eigenvalue weighted by Gasteiger charge is 2.33. The molecule has 196 valence electrons. The van der Waals surface area contributed by atoms with Crippen LogP contribution in [0.25, 0.3) is 22.2 Å². The van der Waals surface area contributed by atoms with Gasteiger partial charge in [-0.1, -0.05) is 39.0 Å². The first kappa shape index (κ1) is 25.9. The zero-order valence-electron chi connectivity index (χ0n) is 22.0. The first-order chi connectivity index (χ1) is 18.2. The minimum Gasteiger partial charge on any atom is -0.497 e. The lowest BCUT2D eigenvalue weighted by atomic mass is 9.70. The largest absolute Gasteiger partial charge is 0.497 e.